The molecular formula is C23H21N3O2S. The number of nitrogens with zero attached hydrogens (tertiary/aromatic N) is 3. The standard InChI is InChI=1S/C23H21N3O2S/c1-15(2)21-12-22(28-20-9-7-19(8-10-20)16(3)27)26-23(25-21)29-14-18-6-4-5-17(11-18)13-24/h4-12,15H,14H2,1-3H3. The van der Waals surface area contributed by atoms with Crippen LogP contribution in [0.5, 0.6) is 11.6 Å². The highest BCUT2D eigenvalue weighted by Crippen LogP contribution is 2.28. The Bertz CT molecular complexity index is 1060. The van der Waals surface area contributed by atoms with E-state index in [2.05, 4.69) is 29.9 Å². The molecule has 0 saturated heterocycles. The van der Waals surface area contributed by atoms with Crippen LogP contribution in [0.1, 0.15) is 53.9 Å². The molecule has 6 heteroatoms. The van der Waals surface area contributed by atoms with Crippen molar-refractivity contribution in [2.24, 2.45) is 0 Å². The second-order valence-electron chi connectivity index (χ2n) is 6.85. The number of aromatic nitrogens is 2. The first-order valence-electron chi connectivity index (χ1n) is 9.24. The molecule has 1 aromatic heterocycles. The van der Waals surface area contributed by atoms with Crippen molar-refractivity contribution >= 4 is 17.5 Å². The summed E-state index contributed by atoms with van der Waals surface area (Å²) in [5, 5.41) is 9.67. The molecule has 0 radical (unpaired) electrons. The van der Waals surface area contributed by atoms with Gasteiger partial charge in [-0.05, 0) is 54.8 Å². The molecule has 1 heterocycles. The summed E-state index contributed by atoms with van der Waals surface area (Å²) in [5.41, 5.74) is 3.20. The second-order valence-corrected chi connectivity index (χ2v) is 7.79. The van der Waals surface area contributed by atoms with E-state index in [0.717, 1.165) is 11.3 Å². The molecule has 0 fully saturated rings. The highest BCUT2D eigenvalue weighted by Gasteiger charge is 2.11. The maximum Gasteiger partial charge on any atom is 0.223 e. The molecule has 3 aromatic rings. The monoisotopic (exact) mass is 403 g/mol. The number of rotatable bonds is 7. The number of Topliss-reactive ketones (excluding diaryl/α,β-unsaturated/α-hetero) is 1. The number of hydrogen-bond acceptors (Lipinski definition) is 6. The zero-order chi connectivity index (χ0) is 20.8. The van der Waals surface area contributed by atoms with Crippen molar-refractivity contribution in [1.82, 2.24) is 9.97 Å². The average Bonchev–Trinajstić information content (AvgIpc) is 2.72. The molecule has 29 heavy (non-hydrogen) atoms. The van der Waals surface area contributed by atoms with E-state index in [1.807, 2.05) is 24.3 Å². The van der Waals surface area contributed by atoms with Crippen molar-refractivity contribution < 1.29 is 9.53 Å². The number of ketones is 1. The average molecular weight is 404 g/mol. The Morgan fingerprint density at radius 2 is 1.90 bits per heavy atom. The Balaban J connectivity index is 1.79. The predicted octanol–water partition coefficient (Wildman–Crippen LogP) is 5.76. The van der Waals surface area contributed by atoms with Crippen molar-refractivity contribution in [3.05, 3.63) is 77.0 Å². The molecule has 0 aliphatic rings. The van der Waals surface area contributed by atoms with E-state index in [9.17, 15) is 4.79 Å². The zero-order valence-corrected chi connectivity index (χ0v) is 17.4. The van der Waals surface area contributed by atoms with Gasteiger partial charge in [0, 0.05) is 17.4 Å². The predicted molar refractivity (Wildman–Crippen MR) is 113 cm³/mol. The maximum atomic E-state index is 11.4. The summed E-state index contributed by atoms with van der Waals surface area (Å²) in [6.07, 6.45) is 0. The van der Waals surface area contributed by atoms with Crippen LogP contribution in [0.3, 0.4) is 0 Å². The molecule has 0 aliphatic carbocycles. The molecule has 0 unspecified atom stereocenters. The van der Waals surface area contributed by atoms with Gasteiger partial charge in [0.25, 0.3) is 0 Å². The normalized spacial score (nSPS) is 10.6. The van der Waals surface area contributed by atoms with E-state index in [4.69, 9.17) is 10.00 Å². The van der Waals surface area contributed by atoms with Gasteiger partial charge in [0.15, 0.2) is 10.9 Å². The lowest BCUT2D eigenvalue weighted by Crippen LogP contribution is -2.00. The molecule has 0 amide bonds. The van der Waals surface area contributed by atoms with Gasteiger partial charge in [-0.25, -0.2) is 4.98 Å². The molecule has 146 valence electrons. The van der Waals surface area contributed by atoms with Gasteiger partial charge in [-0.15, -0.1) is 0 Å². The van der Waals surface area contributed by atoms with Crippen LogP contribution in [0.25, 0.3) is 0 Å². The Morgan fingerprint density at radius 3 is 2.55 bits per heavy atom. The first kappa shape index (κ1) is 20.6. The minimum Gasteiger partial charge on any atom is -0.439 e. The molecule has 0 N–H and O–H groups in total. The molecule has 0 aliphatic heterocycles. The van der Waals surface area contributed by atoms with E-state index in [1.165, 1.54) is 18.7 Å². The van der Waals surface area contributed by atoms with Crippen molar-refractivity contribution in [2.75, 3.05) is 0 Å². The number of nitriles is 1. The number of ether oxygens (including phenoxy) is 1. The fourth-order valence-electron chi connectivity index (χ4n) is 2.59. The van der Waals surface area contributed by atoms with Gasteiger partial charge in [0.05, 0.1) is 17.3 Å². The number of thioether (sulfide) groups is 1. The number of hydrogen-bond donors (Lipinski definition) is 0. The number of benzene rings is 2. The SMILES string of the molecule is CC(=O)c1ccc(Oc2cc(C(C)C)nc(SCc3cccc(C#N)c3)n2)cc1. The highest BCUT2D eigenvalue weighted by atomic mass is 32.2. The molecule has 5 nitrogen and oxygen atoms in total. The Morgan fingerprint density at radius 1 is 1.14 bits per heavy atom. The zero-order valence-electron chi connectivity index (χ0n) is 16.5. The van der Waals surface area contributed by atoms with Gasteiger partial charge < -0.3 is 4.74 Å². The lowest BCUT2D eigenvalue weighted by atomic mass is 10.1. The van der Waals surface area contributed by atoms with E-state index in [-0.39, 0.29) is 11.7 Å². The summed E-state index contributed by atoms with van der Waals surface area (Å²) in [4.78, 5) is 20.6. The topological polar surface area (TPSA) is 75.9 Å². The molecule has 0 atom stereocenters. The number of carbonyl (C=O) groups is 1. The van der Waals surface area contributed by atoms with Crippen LogP contribution in [0, 0.1) is 11.3 Å². The summed E-state index contributed by atoms with van der Waals surface area (Å²) in [7, 11) is 0. The molecule has 2 aromatic carbocycles. The molecule has 3 rings (SSSR count). The molecule has 0 saturated carbocycles. The van der Waals surface area contributed by atoms with E-state index in [1.54, 1.807) is 30.3 Å². The van der Waals surface area contributed by atoms with Gasteiger partial charge in [-0.2, -0.15) is 10.2 Å². The Hall–Kier alpha value is -3.17. The summed E-state index contributed by atoms with van der Waals surface area (Å²) in [5.74, 6) is 1.97. The van der Waals surface area contributed by atoms with Crippen LogP contribution in [0.2, 0.25) is 0 Å². The largest absolute Gasteiger partial charge is 0.439 e. The summed E-state index contributed by atoms with van der Waals surface area (Å²) in [6, 6.07) is 18.5. The van der Waals surface area contributed by atoms with Gasteiger partial charge >= 0.3 is 0 Å². The van der Waals surface area contributed by atoms with Gasteiger partial charge in [0.2, 0.25) is 5.88 Å². The summed E-state index contributed by atoms with van der Waals surface area (Å²) < 4.78 is 5.91. The Kier molecular flexibility index (Phi) is 6.63. The minimum atomic E-state index is 0.0137. The number of carbonyl (C=O) groups excluding carboxylic acids is 1. The first-order valence-corrected chi connectivity index (χ1v) is 10.2. The van der Waals surface area contributed by atoms with Crippen LogP contribution >= 0.6 is 11.8 Å². The maximum absolute atomic E-state index is 11.4. The molecule has 0 spiro atoms. The smallest absolute Gasteiger partial charge is 0.223 e. The fourth-order valence-corrected chi connectivity index (χ4v) is 3.39. The van der Waals surface area contributed by atoms with Crippen LogP contribution in [0.4, 0.5) is 0 Å². The molecular weight excluding hydrogens is 382 g/mol. The minimum absolute atomic E-state index is 0.0137. The summed E-state index contributed by atoms with van der Waals surface area (Å²) in [6.45, 7) is 5.67. The Labute approximate surface area is 174 Å². The summed E-state index contributed by atoms with van der Waals surface area (Å²) >= 11 is 1.50. The first-order chi connectivity index (χ1) is 13.9. The van der Waals surface area contributed by atoms with Gasteiger partial charge in [0.1, 0.15) is 5.75 Å². The third kappa shape index (κ3) is 5.66. The lowest BCUT2D eigenvalue weighted by molar-refractivity contribution is 0.101. The van der Waals surface area contributed by atoms with Crippen LogP contribution in [0.15, 0.2) is 59.8 Å². The van der Waals surface area contributed by atoms with Crippen molar-refractivity contribution in [1.29, 1.82) is 5.26 Å². The van der Waals surface area contributed by atoms with E-state index in [0.29, 0.717) is 33.7 Å². The fraction of sp³-hybridized carbons (Fsp3) is 0.217. The van der Waals surface area contributed by atoms with Crippen LogP contribution in [-0.4, -0.2) is 15.8 Å². The second kappa shape index (κ2) is 9.35. The molecule has 0 bridgehead atoms. The van der Waals surface area contributed by atoms with Crippen LogP contribution < -0.4 is 4.74 Å². The van der Waals surface area contributed by atoms with Gasteiger partial charge in [-0.3, -0.25) is 4.79 Å². The quantitative estimate of drug-likeness (QED) is 0.284. The van der Waals surface area contributed by atoms with Crippen molar-refractivity contribution in [3.63, 3.8) is 0 Å². The lowest BCUT2D eigenvalue weighted by Gasteiger charge is -2.11. The van der Waals surface area contributed by atoms with Crippen molar-refractivity contribution in [3.8, 4) is 17.7 Å². The third-order valence-corrected chi connectivity index (χ3v) is 5.12. The third-order valence-electron chi connectivity index (χ3n) is 4.20. The van der Waals surface area contributed by atoms with E-state index >= 15 is 0 Å². The van der Waals surface area contributed by atoms with Crippen LogP contribution in [-0.2, 0) is 5.75 Å². The van der Waals surface area contributed by atoms with E-state index < -0.39 is 0 Å². The van der Waals surface area contributed by atoms with Gasteiger partial charge in [-0.1, -0.05) is 37.7 Å². The van der Waals surface area contributed by atoms with Crippen molar-refractivity contribution in [2.45, 2.75) is 37.6 Å². The highest BCUT2D eigenvalue weighted by molar-refractivity contribution is 7.98.